The summed E-state index contributed by atoms with van der Waals surface area (Å²) >= 11 is 0. The molecule has 1 unspecified atom stereocenters. The Bertz CT molecular complexity index is 283. The van der Waals surface area contributed by atoms with Crippen LogP contribution in [0.4, 0.5) is 0 Å². The molecule has 1 heterocycles. The predicted octanol–water partition coefficient (Wildman–Crippen LogP) is -0.0789. The van der Waals surface area contributed by atoms with Crippen LogP contribution in [0.3, 0.4) is 0 Å². The number of hydrogen-bond donors (Lipinski definition) is 1. The molecule has 0 aromatic rings. The topological polar surface area (TPSA) is 52.7 Å². The van der Waals surface area contributed by atoms with Gasteiger partial charge in [0.1, 0.15) is 0 Å². The summed E-state index contributed by atoms with van der Waals surface area (Å²) in [5, 5.41) is 2.95. The van der Waals surface area contributed by atoms with Crippen molar-refractivity contribution < 1.29 is 9.59 Å². The molecular formula is C12H23N3O2. The molecule has 1 aliphatic rings. The highest BCUT2D eigenvalue weighted by atomic mass is 16.2. The van der Waals surface area contributed by atoms with E-state index in [9.17, 15) is 9.59 Å². The monoisotopic (exact) mass is 241 g/mol. The molecule has 1 saturated heterocycles. The highest BCUT2D eigenvalue weighted by molar-refractivity contribution is 5.82. The van der Waals surface area contributed by atoms with Crippen molar-refractivity contribution in [2.24, 2.45) is 5.92 Å². The summed E-state index contributed by atoms with van der Waals surface area (Å²) in [5.41, 5.74) is 0. The molecule has 5 nitrogen and oxygen atoms in total. The third-order valence-electron chi connectivity index (χ3n) is 3.40. The van der Waals surface area contributed by atoms with Gasteiger partial charge in [-0.3, -0.25) is 9.59 Å². The molecule has 1 aliphatic heterocycles. The van der Waals surface area contributed by atoms with Gasteiger partial charge in [0.05, 0.1) is 6.04 Å². The van der Waals surface area contributed by atoms with Crippen LogP contribution in [-0.4, -0.2) is 61.9 Å². The van der Waals surface area contributed by atoms with Gasteiger partial charge in [-0.25, -0.2) is 0 Å². The van der Waals surface area contributed by atoms with Crippen molar-refractivity contribution in [3.8, 4) is 0 Å². The fraction of sp³-hybridized carbons (Fsp3) is 0.833. The van der Waals surface area contributed by atoms with Gasteiger partial charge in [0, 0.05) is 33.1 Å². The number of carbonyl (C=O) groups is 2. The van der Waals surface area contributed by atoms with Gasteiger partial charge < -0.3 is 15.1 Å². The van der Waals surface area contributed by atoms with Gasteiger partial charge in [-0.15, -0.1) is 0 Å². The molecule has 0 aliphatic carbocycles. The van der Waals surface area contributed by atoms with Crippen LogP contribution in [0.25, 0.3) is 0 Å². The van der Waals surface area contributed by atoms with Crippen molar-refractivity contribution in [2.45, 2.75) is 25.8 Å². The number of piperidine rings is 1. The highest BCUT2D eigenvalue weighted by Gasteiger charge is 2.29. The number of carbonyl (C=O) groups excluding carboxylic acids is 2. The van der Waals surface area contributed by atoms with E-state index in [1.165, 1.54) is 0 Å². The van der Waals surface area contributed by atoms with Crippen LogP contribution < -0.4 is 5.32 Å². The molecule has 0 spiro atoms. The first-order chi connectivity index (χ1) is 7.97. The Balaban J connectivity index is 2.46. The lowest BCUT2D eigenvalue weighted by Crippen LogP contribution is -2.48. The van der Waals surface area contributed by atoms with Crippen LogP contribution in [-0.2, 0) is 9.59 Å². The minimum absolute atomic E-state index is 0.0824. The number of likely N-dealkylation sites (N-methyl/N-ethyl adjacent to an activating group) is 1. The van der Waals surface area contributed by atoms with Crippen LogP contribution >= 0.6 is 0 Å². The Labute approximate surface area is 103 Å². The number of nitrogens with one attached hydrogen (secondary N) is 1. The van der Waals surface area contributed by atoms with Crippen LogP contribution in [0.5, 0.6) is 0 Å². The Morgan fingerprint density at radius 1 is 1.29 bits per heavy atom. The quantitative estimate of drug-likeness (QED) is 0.752. The van der Waals surface area contributed by atoms with Crippen LogP contribution in [0.15, 0.2) is 0 Å². The SMILES string of the molecule is CNC(C)C(=O)N1CCC(C(=O)N(C)C)CC1. The summed E-state index contributed by atoms with van der Waals surface area (Å²) in [4.78, 5) is 27.2. The maximum absolute atomic E-state index is 11.9. The summed E-state index contributed by atoms with van der Waals surface area (Å²) in [6.07, 6.45) is 1.55. The molecule has 1 N–H and O–H groups in total. The first-order valence-electron chi connectivity index (χ1n) is 6.14. The van der Waals surface area contributed by atoms with E-state index in [2.05, 4.69) is 5.32 Å². The van der Waals surface area contributed by atoms with Gasteiger partial charge in [-0.2, -0.15) is 0 Å². The zero-order valence-corrected chi connectivity index (χ0v) is 11.2. The van der Waals surface area contributed by atoms with E-state index in [1.807, 2.05) is 11.8 Å². The van der Waals surface area contributed by atoms with Gasteiger partial charge >= 0.3 is 0 Å². The molecule has 17 heavy (non-hydrogen) atoms. The smallest absolute Gasteiger partial charge is 0.239 e. The van der Waals surface area contributed by atoms with Gasteiger partial charge in [0.25, 0.3) is 0 Å². The maximum Gasteiger partial charge on any atom is 0.239 e. The molecule has 1 atom stereocenters. The molecule has 0 bridgehead atoms. The molecule has 1 rings (SSSR count). The lowest BCUT2D eigenvalue weighted by atomic mass is 9.95. The van der Waals surface area contributed by atoms with Crippen LogP contribution in [0.2, 0.25) is 0 Å². The second-order valence-electron chi connectivity index (χ2n) is 4.84. The Morgan fingerprint density at radius 3 is 2.24 bits per heavy atom. The zero-order valence-electron chi connectivity index (χ0n) is 11.2. The Kier molecular flexibility index (Phi) is 4.93. The average Bonchev–Trinajstić information content (AvgIpc) is 2.36. The first kappa shape index (κ1) is 14.0. The van der Waals surface area contributed by atoms with E-state index >= 15 is 0 Å². The summed E-state index contributed by atoms with van der Waals surface area (Å²) in [7, 11) is 5.34. The van der Waals surface area contributed by atoms with Crippen molar-refractivity contribution in [3.05, 3.63) is 0 Å². The van der Waals surface area contributed by atoms with Crippen molar-refractivity contribution in [3.63, 3.8) is 0 Å². The third kappa shape index (κ3) is 3.43. The van der Waals surface area contributed by atoms with E-state index in [0.29, 0.717) is 13.1 Å². The van der Waals surface area contributed by atoms with Crippen LogP contribution in [0.1, 0.15) is 19.8 Å². The minimum Gasteiger partial charge on any atom is -0.349 e. The van der Waals surface area contributed by atoms with E-state index in [0.717, 1.165) is 12.8 Å². The number of likely N-dealkylation sites (tertiary alicyclic amines) is 1. The Morgan fingerprint density at radius 2 is 1.82 bits per heavy atom. The first-order valence-corrected chi connectivity index (χ1v) is 6.14. The maximum atomic E-state index is 11.9. The number of amides is 2. The number of nitrogens with zero attached hydrogens (tertiary/aromatic N) is 2. The molecule has 1 fully saturated rings. The molecule has 0 radical (unpaired) electrons. The lowest BCUT2D eigenvalue weighted by molar-refractivity contribution is -0.139. The lowest BCUT2D eigenvalue weighted by Gasteiger charge is -2.33. The van der Waals surface area contributed by atoms with Gasteiger partial charge in [0.15, 0.2) is 0 Å². The zero-order chi connectivity index (χ0) is 13.0. The molecule has 2 amide bonds. The number of rotatable bonds is 3. The predicted molar refractivity (Wildman–Crippen MR) is 66.5 cm³/mol. The summed E-state index contributed by atoms with van der Waals surface area (Å²) in [6.45, 7) is 3.24. The summed E-state index contributed by atoms with van der Waals surface area (Å²) in [6, 6.07) is -0.142. The second-order valence-corrected chi connectivity index (χ2v) is 4.84. The van der Waals surface area contributed by atoms with E-state index < -0.39 is 0 Å². The Hall–Kier alpha value is -1.10. The fourth-order valence-electron chi connectivity index (χ4n) is 2.11. The fourth-order valence-corrected chi connectivity index (χ4v) is 2.11. The van der Waals surface area contributed by atoms with Crippen LogP contribution in [0, 0.1) is 5.92 Å². The van der Waals surface area contributed by atoms with E-state index in [1.54, 1.807) is 26.0 Å². The second kappa shape index (κ2) is 6.00. The molecule has 0 saturated carbocycles. The summed E-state index contributed by atoms with van der Waals surface area (Å²) < 4.78 is 0. The largest absolute Gasteiger partial charge is 0.349 e. The third-order valence-corrected chi connectivity index (χ3v) is 3.40. The standard InChI is InChI=1S/C12H23N3O2/c1-9(13-2)11(16)15-7-5-10(6-8-15)12(17)14(3)4/h9-10,13H,5-8H2,1-4H3. The molecule has 98 valence electrons. The van der Waals surface area contributed by atoms with Crippen molar-refractivity contribution >= 4 is 11.8 Å². The van der Waals surface area contributed by atoms with Crippen molar-refractivity contribution in [1.29, 1.82) is 0 Å². The normalized spacial score (nSPS) is 18.9. The minimum atomic E-state index is -0.142. The molecule has 0 aromatic carbocycles. The van der Waals surface area contributed by atoms with E-state index in [4.69, 9.17) is 0 Å². The molecular weight excluding hydrogens is 218 g/mol. The van der Waals surface area contributed by atoms with Crippen molar-refractivity contribution in [2.75, 3.05) is 34.2 Å². The van der Waals surface area contributed by atoms with Gasteiger partial charge in [0.2, 0.25) is 11.8 Å². The van der Waals surface area contributed by atoms with E-state index in [-0.39, 0.29) is 23.8 Å². The highest BCUT2D eigenvalue weighted by Crippen LogP contribution is 2.19. The van der Waals surface area contributed by atoms with Gasteiger partial charge in [-0.05, 0) is 26.8 Å². The van der Waals surface area contributed by atoms with Crippen molar-refractivity contribution in [1.82, 2.24) is 15.1 Å². The summed E-state index contributed by atoms with van der Waals surface area (Å²) in [5.74, 6) is 0.390. The number of hydrogen-bond acceptors (Lipinski definition) is 3. The molecule has 0 aromatic heterocycles. The molecule has 5 heteroatoms. The average molecular weight is 241 g/mol. The van der Waals surface area contributed by atoms with Gasteiger partial charge in [-0.1, -0.05) is 0 Å².